The van der Waals surface area contributed by atoms with Crippen LogP contribution < -0.4 is 5.32 Å². The molecule has 1 N–H and O–H groups in total. The number of hydrogen-bond acceptors (Lipinski definition) is 2. The van der Waals surface area contributed by atoms with E-state index in [1.165, 1.54) is 5.56 Å². The Hall–Kier alpha value is -2.13. The van der Waals surface area contributed by atoms with E-state index in [-0.39, 0.29) is 11.9 Å². The Morgan fingerprint density at radius 1 is 1.04 bits per heavy atom. The highest BCUT2D eigenvalue weighted by Gasteiger charge is 2.27. The van der Waals surface area contributed by atoms with Crippen molar-refractivity contribution in [3.05, 3.63) is 70.8 Å². The molecule has 0 aliphatic carbocycles. The molecule has 3 heteroatoms. The average Bonchev–Trinajstić information content (AvgIpc) is 2.80. The summed E-state index contributed by atoms with van der Waals surface area (Å²) < 4.78 is 0. The van der Waals surface area contributed by atoms with Crippen molar-refractivity contribution in [3.8, 4) is 0 Å². The van der Waals surface area contributed by atoms with Gasteiger partial charge in [-0.3, -0.25) is 4.79 Å². The fourth-order valence-electron chi connectivity index (χ4n) is 3.40. The van der Waals surface area contributed by atoms with Gasteiger partial charge in [0.25, 0.3) is 5.91 Å². The largest absolute Gasteiger partial charge is 0.330 e. The number of carbonyl (C=O) groups is 1. The summed E-state index contributed by atoms with van der Waals surface area (Å²) in [7, 11) is 0. The maximum absolute atomic E-state index is 13.1. The van der Waals surface area contributed by atoms with E-state index < -0.39 is 0 Å². The van der Waals surface area contributed by atoms with Crippen LogP contribution in [0, 0.1) is 13.8 Å². The van der Waals surface area contributed by atoms with Crippen LogP contribution >= 0.6 is 0 Å². The van der Waals surface area contributed by atoms with E-state index in [9.17, 15) is 4.79 Å². The van der Waals surface area contributed by atoms with Crippen molar-refractivity contribution in [2.75, 3.05) is 19.6 Å². The number of nitrogens with one attached hydrogen (secondary N) is 1. The monoisotopic (exact) mass is 308 g/mol. The fourth-order valence-corrected chi connectivity index (χ4v) is 3.40. The minimum absolute atomic E-state index is 0.134. The Bertz CT molecular complexity index is 661. The van der Waals surface area contributed by atoms with Crippen molar-refractivity contribution in [2.24, 2.45) is 0 Å². The van der Waals surface area contributed by atoms with Gasteiger partial charge in [-0.1, -0.05) is 47.5 Å². The van der Waals surface area contributed by atoms with Crippen LogP contribution in [0.2, 0.25) is 0 Å². The molecule has 0 spiro atoms. The molecule has 0 aromatic heterocycles. The van der Waals surface area contributed by atoms with Crippen LogP contribution in [-0.4, -0.2) is 30.4 Å². The van der Waals surface area contributed by atoms with Gasteiger partial charge in [0.15, 0.2) is 0 Å². The topological polar surface area (TPSA) is 32.3 Å². The Morgan fingerprint density at radius 2 is 1.74 bits per heavy atom. The van der Waals surface area contributed by atoms with Crippen molar-refractivity contribution < 1.29 is 4.79 Å². The molecule has 3 nitrogen and oxygen atoms in total. The number of amides is 1. The summed E-state index contributed by atoms with van der Waals surface area (Å²) in [4.78, 5) is 15.2. The summed E-state index contributed by atoms with van der Waals surface area (Å²) in [6.45, 7) is 6.62. The standard InChI is InChI=1S/C20H24N2O/c1-15-12-16(2)14-18(13-15)20(23)22-11-10-21-9-8-19(22)17-6-4-3-5-7-17/h3-7,12-14,19,21H,8-11H2,1-2H3. The zero-order chi connectivity index (χ0) is 16.2. The van der Waals surface area contributed by atoms with Gasteiger partial charge >= 0.3 is 0 Å². The highest BCUT2D eigenvalue weighted by atomic mass is 16.2. The number of hydrogen-bond donors (Lipinski definition) is 1. The molecule has 1 atom stereocenters. The molecule has 120 valence electrons. The number of benzene rings is 2. The summed E-state index contributed by atoms with van der Waals surface area (Å²) in [6, 6.07) is 16.6. The molecule has 3 rings (SSSR count). The maximum Gasteiger partial charge on any atom is 0.254 e. The summed E-state index contributed by atoms with van der Waals surface area (Å²) in [5.74, 6) is 0.134. The van der Waals surface area contributed by atoms with E-state index in [2.05, 4.69) is 23.5 Å². The third kappa shape index (κ3) is 3.62. The second kappa shape index (κ2) is 6.97. The first-order valence-electron chi connectivity index (χ1n) is 8.30. The molecular weight excluding hydrogens is 284 g/mol. The quantitative estimate of drug-likeness (QED) is 0.921. The molecule has 1 fully saturated rings. The van der Waals surface area contributed by atoms with E-state index >= 15 is 0 Å². The van der Waals surface area contributed by atoms with Gasteiger partial charge in [-0.25, -0.2) is 0 Å². The molecule has 0 bridgehead atoms. The van der Waals surface area contributed by atoms with Crippen LogP contribution in [0.4, 0.5) is 0 Å². The summed E-state index contributed by atoms with van der Waals surface area (Å²) in [5.41, 5.74) is 4.29. The van der Waals surface area contributed by atoms with Crippen LogP contribution in [0.15, 0.2) is 48.5 Å². The van der Waals surface area contributed by atoms with Gasteiger partial charge in [0.2, 0.25) is 0 Å². The summed E-state index contributed by atoms with van der Waals surface area (Å²) in [6.07, 6.45) is 0.945. The Balaban J connectivity index is 1.94. The first-order valence-corrected chi connectivity index (χ1v) is 8.30. The van der Waals surface area contributed by atoms with E-state index in [1.807, 2.05) is 49.1 Å². The van der Waals surface area contributed by atoms with Crippen molar-refractivity contribution in [3.63, 3.8) is 0 Å². The molecule has 0 radical (unpaired) electrons. The Labute approximate surface area is 138 Å². The lowest BCUT2D eigenvalue weighted by Crippen LogP contribution is -2.36. The van der Waals surface area contributed by atoms with Gasteiger partial charge in [-0.2, -0.15) is 0 Å². The Morgan fingerprint density at radius 3 is 2.43 bits per heavy atom. The number of aryl methyl sites for hydroxylation is 2. The normalized spacial score (nSPS) is 18.5. The minimum Gasteiger partial charge on any atom is -0.330 e. The lowest BCUT2D eigenvalue weighted by Gasteiger charge is -2.30. The predicted octanol–water partition coefficient (Wildman–Crippen LogP) is 3.48. The van der Waals surface area contributed by atoms with Gasteiger partial charge in [0, 0.05) is 18.7 Å². The van der Waals surface area contributed by atoms with Crippen LogP contribution in [0.3, 0.4) is 0 Å². The predicted molar refractivity (Wildman–Crippen MR) is 93.6 cm³/mol. The van der Waals surface area contributed by atoms with E-state index in [1.54, 1.807) is 0 Å². The molecule has 2 aromatic carbocycles. The van der Waals surface area contributed by atoms with Gasteiger partial charge in [0.05, 0.1) is 6.04 Å². The molecule has 23 heavy (non-hydrogen) atoms. The first kappa shape index (κ1) is 15.8. The SMILES string of the molecule is Cc1cc(C)cc(C(=O)N2CCNCCC2c2ccccc2)c1. The lowest BCUT2D eigenvalue weighted by molar-refractivity contribution is 0.0688. The average molecular weight is 308 g/mol. The first-order chi connectivity index (χ1) is 11.1. The highest BCUT2D eigenvalue weighted by Crippen LogP contribution is 2.27. The Kier molecular flexibility index (Phi) is 4.77. The summed E-state index contributed by atoms with van der Waals surface area (Å²) in [5, 5.41) is 3.41. The number of rotatable bonds is 2. The van der Waals surface area contributed by atoms with Gasteiger partial charge in [0.1, 0.15) is 0 Å². The van der Waals surface area contributed by atoms with E-state index in [0.717, 1.165) is 42.7 Å². The summed E-state index contributed by atoms with van der Waals surface area (Å²) >= 11 is 0. The fraction of sp³-hybridized carbons (Fsp3) is 0.350. The van der Waals surface area contributed by atoms with E-state index in [0.29, 0.717) is 0 Å². The number of nitrogens with zero attached hydrogens (tertiary/aromatic N) is 1. The molecule has 2 aromatic rings. The van der Waals surface area contributed by atoms with Crippen molar-refractivity contribution >= 4 is 5.91 Å². The second-order valence-corrected chi connectivity index (χ2v) is 6.34. The molecular formula is C20H24N2O. The van der Waals surface area contributed by atoms with E-state index in [4.69, 9.17) is 0 Å². The van der Waals surface area contributed by atoms with Crippen LogP contribution in [0.5, 0.6) is 0 Å². The molecule has 1 saturated heterocycles. The second-order valence-electron chi connectivity index (χ2n) is 6.34. The molecule has 1 aliphatic heterocycles. The highest BCUT2D eigenvalue weighted by molar-refractivity contribution is 5.95. The maximum atomic E-state index is 13.1. The smallest absolute Gasteiger partial charge is 0.254 e. The van der Waals surface area contributed by atoms with Crippen LogP contribution in [0.25, 0.3) is 0 Å². The molecule has 1 heterocycles. The van der Waals surface area contributed by atoms with Crippen LogP contribution in [-0.2, 0) is 0 Å². The third-order valence-electron chi connectivity index (χ3n) is 4.41. The lowest BCUT2D eigenvalue weighted by atomic mass is 10.00. The minimum atomic E-state index is 0.134. The van der Waals surface area contributed by atoms with Gasteiger partial charge in [-0.05, 0) is 44.5 Å². The third-order valence-corrected chi connectivity index (χ3v) is 4.41. The van der Waals surface area contributed by atoms with Crippen molar-refractivity contribution in [1.29, 1.82) is 0 Å². The molecule has 1 aliphatic rings. The number of carbonyl (C=O) groups excluding carboxylic acids is 1. The zero-order valence-corrected chi connectivity index (χ0v) is 13.9. The molecule has 1 amide bonds. The molecule has 1 unspecified atom stereocenters. The van der Waals surface area contributed by atoms with Crippen LogP contribution in [0.1, 0.15) is 39.5 Å². The van der Waals surface area contributed by atoms with Crippen molar-refractivity contribution in [1.82, 2.24) is 10.2 Å². The molecule has 0 saturated carbocycles. The zero-order valence-electron chi connectivity index (χ0n) is 13.9. The van der Waals surface area contributed by atoms with Gasteiger partial charge < -0.3 is 10.2 Å². The van der Waals surface area contributed by atoms with Gasteiger partial charge in [-0.15, -0.1) is 0 Å². The van der Waals surface area contributed by atoms with Crippen molar-refractivity contribution in [2.45, 2.75) is 26.3 Å².